The van der Waals surface area contributed by atoms with Crippen LogP contribution < -0.4 is 10.6 Å². The van der Waals surface area contributed by atoms with Gasteiger partial charge in [0, 0.05) is 10.6 Å². The number of urea groups is 1. The van der Waals surface area contributed by atoms with E-state index in [2.05, 4.69) is 15.6 Å². The summed E-state index contributed by atoms with van der Waals surface area (Å²) in [7, 11) is 0. The molecule has 7 heteroatoms. The minimum absolute atomic E-state index is 0.331. The van der Waals surface area contributed by atoms with E-state index >= 15 is 0 Å². The van der Waals surface area contributed by atoms with Crippen molar-refractivity contribution in [3.05, 3.63) is 58.2 Å². The van der Waals surface area contributed by atoms with Crippen LogP contribution >= 0.6 is 22.7 Å². The summed E-state index contributed by atoms with van der Waals surface area (Å²) >= 11 is 3.22. The van der Waals surface area contributed by atoms with E-state index in [1.54, 1.807) is 22.7 Å². The average Bonchev–Trinajstić information content (AvgIpc) is 3.17. The highest BCUT2D eigenvalue weighted by Gasteiger charge is 2.11. The fraction of sp³-hybridized carbons (Fsp3) is 0.125. The second kappa shape index (κ2) is 6.89. The lowest BCUT2D eigenvalue weighted by Gasteiger charge is -2.06. The molecule has 23 heavy (non-hydrogen) atoms. The Hall–Kier alpha value is -2.25. The van der Waals surface area contributed by atoms with Crippen LogP contribution in [-0.2, 0) is 6.54 Å². The normalized spacial score (nSPS) is 10.5. The minimum Gasteiger partial charge on any atom is -0.333 e. The molecular weight excluding hydrogens is 333 g/mol. The number of rotatable bonds is 4. The fourth-order valence-corrected chi connectivity index (χ4v) is 3.77. The van der Waals surface area contributed by atoms with Gasteiger partial charge >= 0.3 is 6.03 Å². The summed E-state index contributed by atoms with van der Waals surface area (Å²) in [4.78, 5) is 18.6. The van der Waals surface area contributed by atoms with Crippen LogP contribution in [0.2, 0.25) is 0 Å². The van der Waals surface area contributed by atoms with E-state index in [1.807, 2.05) is 24.4 Å². The number of aryl methyl sites for hydroxylation is 1. The molecule has 0 saturated heterocycles. The van der Waals surface area contributed by atoms with E-state index in [0.29, 0.717) is 12.2 Å². The topological polar surface area (TPSA) is 54.0 Å². The molecular formula is C16H14FN3OS2. The van der Waals surface area contributed by atoms with Crippen molar-refractivity contribution in [3.63, 3.8) is 0 Å². The molecule has 0 radical (unpaired) electrons. The Bertz CT molecular complexity index is 797. The molecule has 0 atom stereocenters. The van der Waals surface area contributed by atoms with Gasteiger partial charge in [0.2, 0.25) is 0 Å². The molecule has 0 bridgehead atoms. The van der Waals surface area contributed by atoms with Gasteiger partial charge in [-0.2, -0.15) is 0 Å². The Morgan fingerprint density at radius 3 is 2.74 bits per heavy atom. The number of hydrogen-bond donors (Lipinski definition) is 2. The Labute approximate surface area is 141 Å². The van der Waals surface area contributed by atoms with E-state index in [1.165, 1.54) is 24.3 Å². The molecule has 3 aromatic rings. The third kappa shape index (κ3) is 3.94. The van der Waals surface area contributed by atoms with Gasteiger partial charge in [0.1, 0.15) is 10.8 Å². The Balaban J connectivity index is 1.59. The Morgan fingerprint density at radius 1 is 1.26 bits per heavy atom. The number of hydrogen-bond acceptors (Lipinski definition) is 4. The number of thiazole rings is 1. The summed E-state index contributed by atoms with van der Waals surface area (Å²) in [5.41, 5.74) is 1.46. The van der Waals surface area contributed by atoms with E-state index < -0.39 is 0 Å². The van der Waals surface area contributed by atoms with Gasteiger partial charge < -0.3 is 10.6 Å². The average molecular weight is 347 g/mol. The first-order valence-electron chi connectivity index (χ1n) is 6.92. The van der Waals surface area contributed by atoms with Gasteiger partial charge in [-0.1, -0.05) is 6.07 Å². The van der Waals surface area contributed by atoms with E-state index in [0.717, 1.165) is 20.5 Å². The van der Waals surface area contributed by atoms with Crippen LogP contribution in [0.15, 0.2) is 41.8 Å². The second-order valence-electron chi connectivity index (χ2n) is 4.82. The van der Waals surface area contributed by atoms with Crippen LogP contribution in [0.4, 0.5) is 14.9 Å². The summed E-state index contributed by atoms with van der Waals surface area (Å²) in [6.07, 6.45) is 0. The molecule has 0 aliphatic rings. The maximum atomic E-state index is 12.8. The molecule has 0 aliphatic carbocycles. The van der Waals surface area contributed by atoms with Gasteiger partial charge in [0.05, 0.1) is 17.1 Å². The SMILES string of the molecule is Cc1nc(-c2cccs2)sc1CNC(=O)Nc1ccc(F)cc1. The molecule has 2 N–H and O–H groups in total. The summed E-state index contributed by atoms with van der Waals surface area (Å²) < 4.78 is 12.8. The van der Waals surface area contributed by atoms with Crippen molar-refractivity contribution in [2.75, 3.05) is 5.32 Å². The Kier molecular flexibility index (Phi) is 4.68. The zero-order valence-corrected chi connectivity index (χ0v) is 13.9. The lowest BCUT2D eigenvalue weighted by Crippen LogP contribution is -2.28. The third-order valence-electron chi connectivity index (χ3n) is 3.14. The number of aromatic nitrogens is 1. The summed E-state index contributed by atoms with van der Waals surface area (Å²) in [5.74, 6) is -0.336. The number of carbonyl (C=O) groups is 1. The first kappa shape index (κ1) is 15.6. The van der Waals surface area contributed by atoms with Gasteiger partial charge in [-0.3, -0.25) is 0 Å². The second-order valence-corrected chi connectivity index (χ2v) is 6.85. The summed E-state index contributed by atoms with van der Waals surface area (Å²) in [6.45, 7) is 2.34. The predicted octanol–water partition coefficient (Wildman–Crippen LogP) is 4.64. The zero-order valence-electron chi connectivity index (χ0n) is 12.3. The van der Waals surface area contributed by atoms with E-state index in [4.69, 9.17) is 0 Å². The van der Waals surface area contributed by atoms with Crippen LogP contribution in [0.5, 0.6) is 0 Å². The molecule has 2 amide bonds. The minimum atomic E-state index is -0.336. The number of anilines is 1. The van der Waals surface area contributed by atoms with E-state index in [9.17, 15) is 9.18 Å². The van der Waals surface area contributed by atoms with Gasteiger partial charge in [-0.25, -0.2) is 14.2 Å². The van der Waals surface area contributed by atoms with Crippen molar-refractivity contribution in [2.24, 2.45) is 0 Å². The van der Waals surface area contributed by atoms with Crippen LogP contribution in [-0.4, -0.2) is 11.0 Å². The van der Waals surface area contributed by atoms with Gasteiger partial charge in [-0.15, -0.1) is 22.7 Å². The van der Waals surface area contributed by atoms with Crippen LogP contribution in [0.3, 0.4) is 0 Å². The highest BCUT2D eigenvalue weighted by Crippen LogP contribution is 2.30. The smallest absolute Gasteiger partial charge is 0.319 e. The van der Waals surface area contributed by atoms with Gasteiger partial charge in [-0.05, 0) is 42.6 Å². The lowest BCUT2D eigenvalue weighted by molar-refractivity contribution is 0.252. The molecule has 0 unspecified atom stereocenters. The number of carbonyl (C=O) groups excluding carboxylic acids is 1. The first-order valence-corrected chi connectivity index (χ1v) is 8.62. The van der Waals surface area contributed by atoms with Crippen LogP contribution in [0.1, 0.15) is 10.6 Å². The summed E-state index contributed by atoms with van der Waals surface area (Å²) in [5, 5.41) is 8.43. The molecule has 2 aromatic heterocycles. The van der Waals surface area contributed by atoms with Crippen LogP contribution in [0, 0.1) is 12.7 Å². The van der Waals surface area contributed by atoms with Crippen molar-refractivity contribution in [1.29, 1.82) is 0 Å². The van der Waals surface area contributed by atoms with Crippen LogP contribution in [0.25, 0.3) is 9.88 Å². The number of amides is 2. The number of nitrogens with one attached hydrogen (secondary N) is 2. The molecule has 0 aliphatic heterocycles. The fourth-order valence-electron chi connectivity index (χ4n) is 1.97. The van der Waals surface area contributed by atoms with Crippen molar-refractivity contribution in [3.8, 4) is 9.88 Å². The summed E-state index contributed by atoms with van der Waals surface area (Å²) in [6, 6.07) is 9.32. The highest BCUT2D eigenvalue weighted by atomic mass is 32.1. The third-order valence-corrected chi connectivity index (χ3v) is 5.33. The lowest BCUT2D eigenvalue weighted by atomic mass is 10.3. The molecule has 0 saturated carbocycles. The zero-order chi connectivity index (χ0) is 16.2. The molecule has 0 spiro atoms. The largest absolute Gasteiger partial charge is 0.333 e. The quantitative estimate of drug-likeness (QED) is 0.722. The molecule has 118 valence electrons. The first-order chi connectivity index (χ1) is 11.1. The molecule has 2 heterocycles. The maximum Gasteiger partial charge on any atom is 0.319 e. The molecule has 1 aromatic carbocycles. The van der Waals surface area contributed by atoms with Crippen molar-refractivity contribution in [1.82, 2.24) is 10.3 Å². The molecule has 0 fully saturated rings. The highest BCUT2D eigenvalue weighted by molar-refractivity contribution is 7.21. The van der Waals surface area contributed by atoms with Crippen molar-refractivity contribution < 1.29 is 9.18 Å². The number of thiophene rings is 1. The standard InChI is InChI=1S/C16H14FN3OS2/c1-10-14(23-15(19-10)13-3-2-8-22-13)9-18-16(21)20-12-6-4-11(17)5-7-12/h2-8H,9H2,1H3,(H2,18,20,21). The molecule has 3 rings (SSSR count). The number of benzene rings is 1. The predicted molar refractivity (Wildman–Crippen MR) is 92.4 cm³/mol. The number of nitrogens with zero attached hydrogens (tertiary/aromatic N) is 1. The monoisotopic (exact) mass is 347 g/mol. The van der Waals surface area contributed by atoms with Crippen molar-refractivity contribution in [2.45, 2.75) is 13.5 Å². The maximum absolute atomic E-state index is 12.8. The van der Waals surface area contributed by atoms with Crippen molar-refractivity contribution >= 4 is 34.4 Å². The Morgan fingerprint density at radius 2 is 2.04 bits per heavy atom. The van der Waals surface area contributed by atoms with E-state index in [-0.39, 0.29) is 11.8 Å². The van der Waals surface area contributed by atoms with Gasteiger partial charge in [0.15, 0.2) is 0 Å². The molecule has 4 nitrogen and oxygen atoms in total. The number of halogens is 1. The van der Waals surface area contributed by atoms with Gasteiger partial charge in [0.25, 0.3) is 0 Å².